The first-order chi connectivity index (χ1) is 9.47. The number of phenols is 1. The Balaban J connectivity index is 2.12. The number of carbonyl (C=O) groups is 1. The van der Waals surface area contributed by atoms with Crippen LogP contribution in [0.4, 0.5) is 0 Å². The molecule has 20 heavy (non-hydrogen) atoms. The van der Waals surface area contributed by atoms with Crippen molar-refractivity contribution in [1.82, 2.24) is 0 Å². The van der Waals surface area contributed by atoms with E-state index in [1.807, 2.05) is 0 Å². The highest BCUT2D eigenvalue weighted by molar-refractivity contribution is 6.42. The molecule has 0 spiro atoms. The molecule has 0 unspecified atom stereocenters. The van der Waals surface area contributed by atoms with Gasteiger partial charge in [0.1, 0.15) is 23.7 Å². The second kappa shape index (κ2) is 6.03. The van der Waals surface area contributed by atoms with Gasteiger partial charge >= 0.3 is 5.97 Å². The van der Waals surface area contributed by atoms with E-state index < -0.39 is 5.97 Å². The van der Waals surface area contributed by atoms with Gasteiger partial charge in [-0.3, -0.25) is 0 Å². The fraction of sp³-hybridized carbons (Fsp3) is 0.0714. The molecule has 0 saturated carbocycles. The van der Waals surface area contributed by atoms with Crippen LogP contribution in [0, 0.1) is 0 Å². The standard InChI is InChI=1S/C14H10Cl2O4/c15-11-3-1-8(5-12(11)16)7-20-9-2-4-13(17)10(6-9)14(18)19/h1-6,17H,7H2,(H,18,19). The van der Waals surface area contributed by atoms with E-state index >= 15 is 0 Å². The minimum Gasteiger partial charge on any atom is -0.507 e. The number of aromatic carboxylic acids is 1. The fourth-order valence-corrected chi connectivity index (χ4v) is 1.89. The summed E-state index contributed by atoms with van der Waals surface area (Å²) in [5, 5.41) is 19.2. The van der Waals surface area contributed by atoms with Gasteiger partial charge in [0.2, 0.25) is 0 Å². The second-order valence-electron chi connectivity index (χ2n) is 4.02. The summed E-state index contributed by atoms with van der Waals surface area (Å²) in [6.07, 6.45) is 0. The molecule has 6 heteroatoms. The van der Waals surface area contributed by atoms with Gasteiger partial charge in [0.25, 0.3) is 0 Å². The third-order valence-electron chi connectivity index (χ3n) is 2.59. The Kier molecular flexibility index (Phi) is 4.37. The zero-order valence-electron chi connectivity index (χ0n) is 10.1. The van der Waals surface area contributed by atoms with Gasteiger partial charge in [-0.15, -0.1) is 0 Å². The Labute approximate surface area is 125 Å². The molecule has 0 saturated heterocycles. The number of rotatable bonds is 4. The molecule has 0 fully saturated rings. The largest absolute Gasteiger partial charge is 0.507 e. The average molecular weight is 313 g/mol. The van der Waals surface area contributed by atoms with Crippen LogP contribution in [-0.4, -0.2) is 16.2 Å². The number of halogens is 2. The van der Waals surface area contributed by atoms with Crippen molar-refractivity contribution in [2.75, 3.05) is 0 Å². The molecule has 0 atom stereocenters. The Morgan fingerprint density at radius 3 is 2.50 bits per heavy atom. The normalized spacial score (nSPS) is 10.3. The summed E-state index contributed by atoms with van der Waals surface area (Å²) in [6.45, 7) is 0.209. The van der Waals surface area contributed by atoms with E-state index in [-0.39, 0.29) is 17.9 Å². The number of benzene rings is 2. The molecule has 2 rings (SSSR count). The molecule has 0 aliphatic carbocycles. The van der Waals surface area contributed by atoms with Crippen LogP contribution in [0.1, 0.15) is 15.9 Å². The minimum atomic E-state index is -1.22. The first-order valence-corrected chi connectivity index (χ1v) is 6.36. The van der Waals surface area contributed by atoms with Gasteiger partial charge in [-0.1, -0.05) is 29.3 Å². The maximum Gasteiger partial charge on any atom is 0.339 e. The highest BCUT2D eigenvalue weighted by Crippen LogP contribution is 2.25. The van der Waals surface area contributed by atoms with Crippen LogP contribution in [0.25, 0.3) is 0 Å². The predicted octanol–water partition coefficient (Wildman–Crippen LogP) is 3.98. The van der Waals surface area contributed by atoms with Gasteiger partial charge in [0.15, 0.2) is 0 Å². The molecule has 0 bridgehead atoms. The lowest BCUT2D eigenvalue weighted by atomic mass is 10.2. The van der Waals surface area contributed by atoms with Gasteiger partial charge in [0.05, 0.1) is 10.0 Å². The van der Waals surface area contributed by atoms with E-state index in [2.05, 4.69) is 0 Å². The zero-order valence-corrected chi connectivity index (χ0v) is 11.6. The lowest BCUT2D eigenvalue weighted by Crippen LogP contribution is -2.00. The van der Waals surface area contributed by atoms with Crippen molar-refractivity contribution in [3.05, 3.63) is 57.6 Å². The molecule has 2 N–H and O–H groups in total. The van der Waals surface area contributed by atoms with Gasteiger partial charge < -0.3 is 14.9 Å². The quantitative estimate of drug-likeness (QED) is 0.896. The highest BCUT2D eigenvalue weighted by Gasteiger charge is 2.11. The maximum atomic E-state index is 10.9. The number of hydrogen-bond acceptors (Lipinski definition) is 3. The Hall–Kier alpha value is -1.91. The van der Waals surface area contributed by atoms with Crippen LogP contribution in [0.5, 0.6) is 11.5 Å². The predicted molar refractivity (Wildman–Crippen MR) is 75.9 cm³/mol. The van der Waals surface area contributed by atoms with Gasteiger partial charge in [-0.25, -0.2) is 4.79 Å². The van der Waals surface area contributed by atoms with Crippen LogP contribution in [0.15, 0.2) is 36.4 Å². The smallest absolute Gasteiger partial charge is 0.339 e. The van der Waals surface area contributed by atoms with Crippen LogP contribution in [-0.2, 0) is 6.61 Å². The highest BCUT2D eigenvalue weighted by atomic mass is 35.5. The average Bonchev–Trinajstić information content (AvgIpc) is 2.41. The summed E-state index contributed by atoms with van der Waals surface area (Å²) in [6, 6.07) is 9.10. The Morgan fingerprint density at radius 2 is 1.85 bits per heavy atom. The molecule has 0 aliphatic heterocycles. The number of carboxylic acids is 1. The van der Waals surface area contributed by atoms with E-state index in [9.17, 15) is 9.90 Å². The first-order valence-electron chi connectivity index (χ1n) is 5.60. The van der Waals surface area contributed by atoms with Gasteiger partial charge in [-0.05, 0) is 35.9 Å². The summed E-state index contributed by atoms with van der Waals surface area (Å²) in [4.78, 5) is 10.9. The van der Waals surface area contributed by atoms with E-state index in [0.29, 0.717) is 15.8 Å². The lowest BCUT2D eigenvalue weighted by Gasteiger charge is -2.08. The van der Waals surface area contributed by atoms with Crippen LogP contribution in [0.3, 0.4) is 0 Å². The summed E-state index contributed by atoms with van der Waals surface area (Å²) >= 11 is 11.7. The Bertz CT molecular complexity index is 656. The molecule has 104 valence electrons. The minimum absolute atomic E-state index is 0.209. The summed E-state index contributed by atoms with van der Waals surface area (Å²) < 4.78 is 5.46. The number of carboxylic acid groups (broad SMARTS) is 1. The number of aromatic hydroxyl groups is 1. The monoisotopic (exact) mass is 312 g/mol. The van der Waals surface area contributed by atoms with E-state index in [1.54, 1.807) is 18.2 Å². The van der Waals surface area contributed by atoms with Crippen LogP contribution in [0.2, 0.25) is 10.0 Å². The van der Waals surface area contributed by atoms with E-state index in [0.717, 1.165) is 5.56 Å². The second-order valence-corrected chi connectivity index (χ2v) is 4.84. The van der Waals surface area contributed by atoms with Crippen molar-refractivity contribution in [3.63, 3.8) is 0 Å². The number of ether oxygens (including phenoxy) is 1. The zero-order chi connectivity index (χ0) is 14.7. The Morgan fingerprint density at radius 1 is 1.10 bits per heavy atom. The maximum absolute atomic E-state index is 10.9. The molecule has 2 aromatic carbocycles. The molecular weight excluding hydrogens is 303 g/mol. The van der Waals surface area contributed by atoms with Crippen molar-refractivity contribution in [3.8, 4) is 11.5 Å². The summed E-state index contributed by atoms with van der Waals surface area (Å²) in [7, 11) is 0. The number of hydrogen-bond donors (Lipinski definition) is 2. The third kappa shape index (κ3) is 3.35. The molecule has 2 aromatic rings. The molecule has 0 radical (unpaired) electrons. The van der Waals surface area contributed by atoms with Crippen molar-refractivity contribution in [1.29, 1.82) is 0 Å². The SMILES string of the molecule is O=C(O)c1cc(OCc2ccc(Cl)c(Cl)c2)ccc1O. The molecular formula is C14H10Cl2O4. The molecule has 4 nitrogen and oxygen atoms in total. The van der Waals surface area contributed by atoms with Crippen LogP contribution < -0.4 is 4.74 Å². The molecule has 0 heterocycles. The third-order valence-corrected chi connectivity index (χ3v) is 3.33. The van der Waals surface area contributed by atoms with Crippen molar-refractivity contribution < 1.29 is 19.7 Å². The van der Waals surface area contributed by atoms with Crippen molar-refractivity contribution in [2.24, 2.45) is 0 Å². The van der Waals surface area contributed by atoms with Crippen molar-refractivity contribution in [2.45, 2.75) is 6.61 Å². The van der Waals surface area contributed by atoms with Crippen LogP contribution >= 0.6 is 23.2 Å². The summed E-state index contributed by atoms with van der Waals surface area (Å²) in [5.41, 5.74) is 0.584. The van der Waals surface area contributed by atoms with Gasteiger partial charge in [-0.2, -0.15) is 0 Å². The lowest BCUT2D eigenvalue weighted by molar-refractivity contribution is 0.0693. The van der Waals surface area contributed by atoms with Crippen molar-refractivity contribution >= 4 is 29.2 Å². The molecule has 0 aliphatic rings. The molecule has 0 amide bonds. The first kappa shape index (κ1) is 14.5. The fourth-order valence-electron chi connectivity index (χ4n) is 1.57. The van der Waals surface area contributed by atoms with E-state index in [1.165, 1.54) is 18.2 Å². The topological polar surface area (TPSA) is 66.8 Å². The molecule has 0 aromatic heterocycles. The van der Waals surface area contributed by atoms with E-state index in [4.69, 9.17) is 33.0 Å². The van der Waals surface area contributed by atoms with Gasteiger partial charge in [0, 0.05) is 0 Å². The summed E-state index contributed by atoms with van der Waals surface area (Å²) in [5.74, 6) is -1.19.